The molecule has 0 aromatic heterocycles. The van der Waals surface area contributed by atoms with Crippen LogP contribution in [0.25, 0.3) is 0 Å². The summed E-state index contributed by atoms with van der Waals surface area (Å²) in [5.41, 5.74) is 2.62. The first-order chi connectivity index (χ1) is 21.0. The van der Waals surface area contributed by atoms with E-state index >= 15 is 0 Å². The zero-order valence-corrected chi connectivity index (χ0v) is 24.6. The Balaban J connectivity index is 1.34. The second kappa shape index (κ2) is 12.3. The van der Waals surface area contributed by atoms with Crippen molar-refractivity contribution < 1.29 is 19.1 Å². The van der Waals surface area contributed by atoms with Crippen LogP contribution in [-0.4, -0.2) is 83.3 Å². The quantitative estimate of drug-likeness (QED) is 0.423. The third kappa shape index (κ3) is 5.60. The highest BCUT2D eigenvalue weighted by molar-refractivity contribution is 6.04. The monoisotopic (exact) mass is 579 g/mol. The van der Waals surface area contributed by atoms with Gasteiger partial charge < -0.3 is 24.8 Å². The van der Waals surface area contributed by atoms with Gasteiger partial charge in [0.05, 0.1) is 23.9 Å². The normalized spacial score (nSPS) is 19.8. The molecule has 1 N–H and O–H groups in total. The van der Waals surface area contributed by atoms with Crippen LogP contribution in [0.1, 0.15) is 37.1 Å². The number of ether oxygens (including phenoxy) is 1. The summed E-state index contributed by atoms with van der Waals surface area (Å²) in [6, 6.07) is 24.7. The summed E-state index contributed by atoms with van der Waals surface area (Å²) in [7, 11) is 0. The summed E-state index contributed by atoms with van der Waals surface area (Å²) in [6.07, 6.45) is 0. The molecule has 4 amide bonds. The predicted octanol–water partition coefficient (Wildman–Crippen LogP) is 4.57. The van der Waals surface area contributed by atoms with Crippen LogP contribution in [-0.2, 0) is 9.59 Å². The Morgan fingerprint density at radius 3 is 2.21 bits per heavy atom. The maximum absolute atomic E-state index is 14.4. The Labute approximate surface area is 252 Å². The van der Waals surface area contributed by atoms with Crippen molar-refractivity contribution in [2.45, 2.75) is 25.9 Å². The lowest BCUT2D eigenvalue weighted by atomic mass is 9.95. The summed E-state index contributed by atoms with van der Waals surface area (Å²) in [4.78, 5) is 49.5. The molecule has 0 aliphatic carbocycles. The summed E-state index contributed by atoms with van der Waals surface area (Å²) in [6.45, 7) is 8.36. The zero-order valence-electron chi connectivity index (χ0n) is 24.6. The van der Waals surface area contributed by atoms with Crippen molar-refractivity contribution >= 4 is 17.8 Å². The van der Waals surface area contributed by atoms with E-state index in [9.17, 15) is 14.4 Å². The zero-order chi connectivity index (χ0) is 29.9. The summed E-state index contributed by atoms with van der Waals surface area (Å²) in [5.74, 6) is 0.954. The lowest BCUT2D eigenvalue weighted by Gasteiger charge is -2.38. The second-order valence-electron chi connectivity index (χ2n) is 11.0. The highest BCUT2D eigenvalue weighted by Gasteiger charge is 2.48. The molecule has 6 rings (SSSR count). The molecule has 3 aromatic rings. The van der Waals surface area contributed by atoms with Gasteiger partial charge in [0.25, 0.3) is 5.91 Å². The van der Waals surface area contributed by atoms with Gasteiger partial charge in [-0.25, -0.2) is 4.79 Å². The van der Waals surface area contributed by atoms with Gasteiger partial charge in [-0.05, 0) is 48.9 Å². The number of amides is 4. The molecule has 3 aliphatic rings. The molecule has 1 fully saturated rings. The molecule has 3 aromatic carbocycles. The van der Waals surface area contributed by atoms with E-state index in [1.54, 1.807) is 9.80 Å². The van der Waals surface area contributed by atoms with Crippen LogP contribution in [0.3, 0.4) is 0 Å². The number of hydrogen-bond donors (Lipinski definition) is 1. The molecule has 9 heteroatoms. The molecular formula is C34H37N5O4. The van der Waals surface area contributed by atoms with E-state index in [4.69, 9.17) is 4.74 Å². The molecule has 43 heavy (non-hydrogen) atoms. The largest absolute Gasteiger partial charge is 0.457 e. The third-order valence-corrected chi connectivity index (χ3v) is 8.53. The van der Waals surface area contributed by atoms with Gasteiger partial charge in [0.15, 0.2) is 0 Å². The number of benzene rings is 3. The van der Waals surface area contributed by atoms with Gasteiger partial charge in [0.1, 0.15) is 17.5 Å². The fraction of sp³-hybridized carbons (Fsp3) is 0.324. The predicted molar refractivity (Wildman–Crippen MR) is 163 cm³/mol. The molecular weight excluding hydrogens is 542 g/mol. The number of likely N-dealkylation sites (N-methyl/N-ethyl adjacent to an activating group) is 2. The molecule has 0 bridgehead atoms. The standard InChI is InChI=1S/C34H37N5O4/c1-3-36-18-20-37(21-19-36)33(41)31(24-12-7-5-8-13-24)39-23-28-29(32(39)40)30(35-34(42)38(28)4-2)25-14-11-17-27(22-25)43-26-15-9-6-10-16-26/h5-17,22,30-31H,3-4,18-21,23H2,1-2H3,(H,35,42)/t30-,31-/m1/s1. The number of carbonyl (C=O) groups is 3. The number of nitrogens with one attached hydrogen (secondary N) is 1. The van der Waals surface area contributed by atoms with Crippen molar-refractivity contribution in [1.82, 2.24) is 24.9 Å². The SMILES string of the molecule is CCN1CCN(C(=O)[C@@H](c2ccccc2)N2CC3=C(C2=O)[C@@H](c2cccc(Oc4ccccc4)c2)NC(=O)N3CC)CC1. The molecule has 0 saturated carbocycles. The van der Waals surface area contributed by atoms with E-state index in [1.165, 1.54) is 0 Å². The van der Waals surface area contributed by atoms with E-state index in [-0.39, 0.29) is 24.4 Å². The van der Waals surface area contributed by atoms with Crippen molar-refractivity contribution in [2.75, 3.05) is 45.8 Å². The lowest BCUT2D eigenvalue weighted by Crippen LogP contribution is -2.52. The van der Waals surface area contributed by atoms with Gasteiger partial charge >= 0.3 is 6.03 Å². The first kappa shape index (κ1) is 28.5. The molecule has 3 heterocycles. The van der Waals surface area contributed by atoms with Crippen LogP contribution >= 0.6 is 0 Å². The fourth-order valence-electron chi connectivity index (χ4n) is 6.24. The lowest BCUT2D eigenvalue weighted by molar-refractivity contribution is -0.144. The minimum absolute atomic E-state index is 0.0905. The van der Waals surface area contributed by atoms with E-state index in [1.807, 2.05) is 96.8 Å². The first-order valence-electron chi connectivity index (χ1n) is 15.0. The summed E-state index contributed by atoms with van der Waals surface area (Å²) in [5, 5.41) is 3.05. The van der Waals surface area contributed by atoms with Gasteiger partial charge in [-0.15, -0.1) is 0 Å². The van der Waals surface area contributed by atoms with Crippen LogP contribution in [0, 0.1) is 0 Å². The van der Waals surface area contributed by atoms with Gasteiger partial charge in [-0.2, -0.15) is 0 Å². The minimum Gasteiger partial charge on any atom is -0.457 e. The number of carbonyl (C=O) groups excluding carboxylic acids is 3. The Morgan fingerprint density at radius 2 is 1.53 bits per heavy atom. The van der Waals surface area contributed by atoms with E-state index < -0.39 is 12.1 Å². The van der Waals surface area contributed by atoms with Crippen molar-refractivity contribution in [3.63, 3.8) is 0 Å². The fourth-order valence-corrected chi connectivity index (χ4v) is 6.24. The number of rotatable bonds is 8. The van der Waals surface area contributed by atoms with Crippen LogP contribution < -0.4 is 10.1 Å². The summed E-state index contributed by atoms with van der Waals surface area (Å²) < 4.78 is 6.06. The maximum Gasteiger partial charge on any atom is 0.322 e. The number of nitrogens with zero attached hydrogens (tertiary/aromatic N) is 4. The van der Waals surface area contributed by atoms with Crippen molar-refractivity contribution in [1.29, 1.82) is 0 Å². The summed E-state index contributed by atoms with van der Waals surface area (Å²) >= 11 is 0. The average Bonchev–Trinajstić information content (AvgIpc) is 3.38. The molecule has 0 spiro atoms. The van der Waals surface area contributed by atoms with E-state index in [0.29, 0.717) is 42.4 Å². The Hall–Kier alpha value is -4.63. The maximum atomic E-state index is 14.4. The molecule has 2 atom stereocenters. The molecule has 0 radical (unpaired) electrons. The van der Waals surface area contributed by atoms with Gasteiger partial charge in [-0.1, -0.05) is 67.6 Å². The van der Waals surface area contributed by atoms with Gasteiger partial charge in [-0.3, -0.25) is 14.5 Å². The second-order valence-corrected chi connectivity index (χ2v) is 11.0. The highest BCUT2D eigenvalue weighted by atomic mass is 16.5. The Bertz CT molecular complexity index is 1520. The minimum atomic E-state index is -0.797. The molecule has 0 unspecified atom stereocenters. The van der Waals surface area contributed by atoms with E-state index in [0.717, 1.165) is 30.8 Å². The Kier molecular flexibility index (Phi) is 8.16. The van der Waals surface area contributed by atoms with E-state index in [2.05, 4.69) is 17.1 Å². The van der Waals surface area contributed by atoms with Crippen LogP contribution in [0.15, 0.2) is 96.2 Å². The highest BCUT2D eigenvalue weighted by Crippen LogP contribution is 2.41. The molecule has 222 valence electrons. The Morgan fingerprint density at radius 1 is 0.860 bits per heavy atom. The smallest absolute Gasteiger partial charge is 0.322 e. The first-order valence-corrected chi connectivity index (χ1v) is 15.0. The number of hydrogen-bond acceptors (Lipinski definition) is 5. The molecule has 1 saturated heterocycles. The van der Waals surface area contributed by atoms with Crippen LogP contribution in [0.5, 0.6) is 11.5 Å². The van der Waals surface area contributed by atoms with Crippen LogP contribution in [0.2, 0.25) is 0 Å². The average molecular weight is 580 g/mol. The van der Waals surface area contributed by atoms with Crippen LogP contribution in [0.4, 0.5) is 4.79 Å². The number of piperazine rings is 1. The van der Waals surface area contributed by atoms with Crippen molar-refractivity contribution in [3.8, 4) is 11.5 Å². The van der Waals surface area contributed by atoms with Crippen molar-refractivity contribution in [2.24, 2.45) is 0 Å². The molecule has 3 aliphatic heterocycles. The number of urea groups is 1. The van der Waals surface area contributed by atoms with Crippen molar-refractivity contribution in [3.05, 3.63) is 107 Å². The van der Waals surface area contributed by atoms with Gasteiger partial charge in [0, 0.05) is 32.7 Å². The third-order valence-electron chi connectivity index (χ3n) is 8.53. The topological polar surface area (TPSA) is 85.4 Å². The van der Waals surface area contributed by atoms with Gasteiger partial charge in [0.2, 0.25) is 5.91 Å². The number of para-hydroxylation sites is 1. The molecule has 9 nitrogen and oxygen atoms in total.